The fourth-order valence-corrected chi connectivity index (χ4v) is 2.96. The molecule has 0 aliphatic heterocycles. The van der Waals surface area contributed by atoms with Crippen molar-refractivity contribution in [1.82, 2.24) is 9.71 Å². The molecule has 1 aromatic rings. The number of hydrogen-bond acceptors (Lipinski definition) is 4. The Bertz CT molecular complexity index is 576. The highest BCUT2D eigenvalue weighted by atomic mass is 32.2. The first kappa shape index (κ1) is 15.5. The lowest BCUT2D eigenvalue weighted by molar-refractivity contribution is -0.143. The molecule has 0 fully saturated rings. The zero-order valence-corrected chi connectivity index (χ0v) is 11.4. The molecule has 0 spiro atoms. The second-order valence-electron chi connectivity index (χ2n) is 4.33. The molecule has 1 heterocycles. The number of hydrogen-bond donors (Lipinski definition) is 2. The van der Waals surface area contributed by atoms with Gasteiger partial charge in [-0.15, -0.1) is 0 Å². The predicted molar refractivity (Wildman–Crippen MR) is 65.5 cm³/mol. The summed E-state index contributed by atoms with van der Waals surface area (Å²) < 4.78 is 39.0. The van der Waals surface area contributed by atoms with E-state index in [9.17, 15) is 17.6 Å². The van der Waals surface area contributed by atoms with E-state index >= 15 is 0 Å². The van der Waals surface area contributed by atoms with Gasteiger partial charge in [0.25, 0.3) is 0 Å². The van der Waals surface area contributed by atoms with Gasteiger partial charge in [0.1, 0.15) is 16.3 Å². The number of nitrogens with zero attached hydrogens (tertiary/aromatic N) is 1. The van der Waals surface area contributed by atoms with Crippen molar-refractivity contribution in [3.05, 3.63) is 24.3 Å². The number of carboxylic acids is 1. The van der Waals surface area contributed by atoms with E-state index in [1.54, 1.807) is 6.92 Å². The number of halogens is 1. The van der Waals surface area contributed by atoms with E-state index in [-0.39, 0.29) is 6.42 Å². The molecule has 6 nitrogen and oxygen atoms in total. The molecule has 1 atom stereocenters. The monoisotopic (exact) mass is 290 g/mol. The van der Waals surface area contributed by atoms with Gasteiger partial charge in [-0.3, -0.25) is 9.78 Å². The highest BCUT2D eigenvalue weighted by Crippen LogP contribution is 2.18. The number of aliphatic carboxylic acids is 1. The van der Waals surface area contributed by atoms with Crippen LogP contribution in [0, 0.1) is 5.82 Å². The van der Waals surface area contributed by atoms with Crippen LogP contribution >= 0.6 is 0 Å². The molecule has 0 aliphatic rings. The first-order chi connectivity index (χ1) is 8.71. The highest BCUT2D eigenvalue weighted by Gasteiger charge is 2.37. The summed E-state index contributed by atoms with van der Waals surface area (Å²) in [5.74, 6) is -2.10. The van der Waals surface area contributed by atoms with Crippen molar-refractivity contribution in [2.75, 3.05) is 0 Å². The Kier molecular flexibility index (Phi) is 4.59. The van der Waals surface area contributed by atoms with Crippen LogP contribution in [0.15, 0.2) is 23.4 Å². The van der Waals surface area contributed by atoms with E-state index in [0.717, 1.165) is 18.5 Å². The van der Waals surface area contributed by atoms with E-state index in [0.29, 0.717) is 6.42 Å². The van der Waals surface area contributed by atoms with E-state index in [2.05, 4.69) is 9.71 Å². The van der Waals surface area contributed by atoms with Gasteiger partial charge in [0, 0.05) is 6.20 Å². The lowest BCUT2D eigenvalue weighted by atomic mass is 9.98. The van der Waals surface area contributed by atoms with Crippen LogP contribution in [-0.4, -0.2) is 30.0 Å². The lowest BCUT2D eigenvalue weighted by Crippen LogP contribution is -2.51. The standard InChI is InChI=1S/C11H15FN2O4S/c1-3-4-11(2,10(15)16)14-19(17,18)9-5-8(12)6-13-7-9/h5-7,14H,3-4H2,1-2H3,(H,15,16). The molecular formula is C11H15FN2O4S. The fraction of sp³-hybridized carbons (Fsp3) is 0.455. The van der Waals surface area contributed by atoms with Crippen LogP contribution in [0.2, 0.25) is 0 Å². The van der Waals surface area contributed by atoms with Crippen LogP contribution in [0.3, 0.4) is 0 Å². The van der Waals surface area contributed by atoms with Gasteiger partial charge in [0.05, 0.1) is 6.20 Å². The number of carboxylic acid groups (broad SMARTS) is 1. The summed E-state index contributed by atoms with van der Waals surface area (Å²) in [6.45, 7) is 3.00. The molecular weight excluding hydrogens is 275 g/mol. The Labute approximate surface area is 110 Å². The lowest BCUT2D eigenvalue weighted by Gasteiger charge is -2.25. The van der Waals surface area contributed by atoms with Crippen LogP contribution in [-0.2, 0) is 14.8 Å². The van der Waals surface area contributed by atoms with Crippen LogP contribution in [0.1, 0.15) is 26.7 Å². The Hall–Kier alpha value is -1.54. The molecule has 0 amide bonds. The molecule has 0 radical (unpaired) electrons. The van der Waals surface area contributed by atoms with Crippen molar-refractivity contribution < 1.29 is 22.7 Å². The molecule has 0 saturated heterocycles. The third kappa shape index (κ3) is 3.71. The van der Waals surface area contributed by atoms with E-state index < -0.39 is 32.2 Å². The Morgan fingerprint density at radius 2 is 2.16 bits per heavy atom. The van der Waals surface area contributed by atoms with Gasteiger partial charge in [0.2, 0.25) is 10.0 Å². The summed E-state index contributed by atoms with van der Waals surface area (Å²) in [5, 5.41) is 9.11. The average Bonchev–Trinajstić information content (AvgIpc) is 2.28. The van der Waals surface area contributed by atoms with Crippen molar-refractivity contribution in [3.63, 3.8) is 0 Å². The smallest absolute Gasteiger partial charge is 0.324 e. The summed E-state index contributed by atoms with van der Waals surface area (Å²) >= 11 is 0. The van der Waals surface area contributed by atoms with Crippen LogP contribution in [0.5, 0.6) is 0 Å². The zero-order chi connectivity index (χ0) is 14.7. The molecule has 2 N–H and O–H groups in total. The predicted octanol–water partition coefficient (Wildman–Crippen LogP) is 1.14. The minimum Gasteiger partial charge on any atom is -0.480 e. The summed E-state index contributed by atoms with van der Waals surface area (Å²) in [4.78, 5) is 14.2. The van der Waals surface area contributed by atoms with Crippen molar-refractivity contribution in [2.24, 2.45) is 0 Å². The van der Waals surface area contributed by atoms with Gasteiger partial charge in [-0.25, -0.2) is 12.8 Å². The number of aromatic nitrogens is 1. The summed E-state index contributed by atoms with van der Waals surface area (Å²) in [5.41, 5.74) is -1.64. The molecule has 0 bridgehead atoms. The normalized spacial score (nSPS) is 14.9. The number of carbonyl (C=O) groups is 1. The molecule has 1 unspecified atom stereocenters. The Morgan fingerprint density at radius 3 is 2.63 bits per heavy atom. The van der Waals surface area contributed by atoms with Gasteiger partial charge in [-0.1, -0.05) is 13.3 Å². The minimum atomic E-state index is -4.14. The van der Waals surface area contributed by atoms with Gasteiger partial charge in [0.15, 0.2) is 0 Å². The number of pyridine rings is 1. The van der Waals surface area contributed by atoms with E-state index in [1.807, 2.05) is 0 Å². The second kappa shape index (κ2) is 5.62. The quantitative estimate of drug-likeness (QED) is 0.819. The second-order valence-corrected chi connectivity index (χ2v) is 6.01. The minimum absolute atomic E-state index is 0.115. The molecule has 19 heavy (non-hydrogen) atoms. The largest absolute Gasteiger partial charge is 0.480 e. The van der Waals surface area contributed by atoms with Crippen LogP contribution in [0.25, 0.3) is 0 Å². The topological polar surface area (TPSA) is 96.4 Å². The first-order valence-corrected chi connectivity index (χ1v) is 7.07. The third-order valence-electron chi connectivity index (χ3n) is 2.57. The average molecular weight is 290 g/mol. The molecule has 1 rings (SSSR count). The maximum Gasteiger partial charge on any atom is 0.324 e. The van der Waals surface area contributed by atoms with Gasteiger partial charge in [-0.05, 0) is 19.4 Å². The van der Waals surface area contributed by atoms with Crippen LogP contribution in [0.4, 0.5) is 4.39 Å². The third-order valence-corrected chi connectivity index (χ3v) is 4.13. The summed E-state index contributed by atoms with van der Waals surface area (Å²) in [6, 6.07) is 0.781. The number of rotatable bonds is 6. The number of sulfonamides is 1. The van der Waals surface area contributed by atoms with Crippen molar-refractivity contribution in [3.8, 4) is 0 Å². The molecule has 106 valence electrons. The van der Waals surface area contributed by atoms with E-state index in [1.165, 1.54) is 6.92 Å². The Balaban J connectivity index is 3.11. The molecule has 0 aliphatic carbocycles. The Morgan fingerprint density at radius 1 is 1.53 bits per heavy atom. The van der Waals surface area contributed by atoms with Gasteiger partial charge in [-0.2, -0.15) is 4.72 Å². The van der Waals surface area contributed by atoms with Crippen molar-refractivity contribution >= 4 is 16.0 Å². The van der Waals surface area contributed by atoms with E-state index in [4.69, 9.17) is 5.11 Å². The highest BCUT2D eigenvalue weighted by molar-refractivity contribution is 7.89. The first-order valence-electron chi connectivity index (χ1n) is 5.59. The van der Waals surface area contributed by atoms with Crippen molar-refractivity contribution in [2.45, 2.75) is 37.1 Å². The maximum atomic E-state index is 13.0. The maximum absolute atomic E-state index is 13.0. The van der Waals surface area contributed by atoms with Gasteiger partial charge >= 0.3 is 5.97 Å². The summed E-state index contributed by atoms with van der Waals surface area (Å²) in [7, 11) is -4.14. The fourth-order valence-electron chi connectivity index (χ4n) is 1.60. The van der Waals surface area contributed by atoms with Crippen LogP contribution < -0.4 is 4.72 Å². The van der Waals surface area contributed by atoms with Gasteiger partial charge < -0.3 is 5.11 Å². The SMILES string of the molecule is CCCC(C)(NS(=O)(=O)c1cncc(F)c1)C(=O)O. The zero-order valence-electron chi connectivity index (χ0n) is 10.6. The number of nitrogens with one attached hydrogen (secondary N) is 1. The van der Waals surface area contributed by atoms with Crippen molar-refractivity contribution in [1.29, 1.82) is 0 Å². The molecule has 1 aromatic heterocycles. The molecule has 8 heteroatoms. The summed E-state index contributed by atoms with van der Waals surface area (Å²) in [6.07, 6.45) is 2.41. The molecule has 0 saturated carbocycles. The molecule has 0 aromatic carbocycles.